The maximum absolute atomic E-state index is 5.72. The third kappa shape index (κ3) is 7.39. The molecule has 5 nitrogen and oxygen atoms in total. The summed E-state index contributed by atoms with van der Waals surface area (Å²) in [6.45, 7) is 8.43. The molecule has 1 heterocycles. The summed E-state index contributed by atoms with van der Waals surface area (Å²) in [6.07, 6.45) is 0.862. The number of halogens is 1. The molecule has 0 unspecified atom stereocenters. The first-order chi connectivity index (χ1) is 8.93. The summed E-state index contributed by atoms with van der Waals surface area (Å²) in [7, 11) is 1.65. The minimum Gasteiger partial charge on any atom is -0.383 e. The van der Waals surface area contributed by atoms with Gasteiger partial charge in [0.05, 0.1) is 23.9 Å². The van der Waals surface area contributed by atoms with Crippen molar-refractivity contribution in [3.8, 4) is 0 Å². The first-order valence-electron chi connectivity index (χ1n) is 6.41. The monoisotopic (exact) mass is 412 g/mol. The number of nitrogens with zero attached hydrogens (tertiary/aromatic N) is 2. The quantitative estimate of drug-likeness (QED) is 0.325. The van der Waals surface area contributed by atoms with Gasteiger partial charge < -0.3 is 15.8 Å². The highest BCUT2D eigenvalue weighted by Crippen LogP contribution is 2.23. The predicted octanol–water partition coefficient (Wildman–Crippen LogP) is 2.15. The lowest BCUT2D eigenvalue weighted by molar-refractivity contribution is 0.208. The number of ether oxygens (including phenoxy) is 1. The molecule has 1 aromatic heterocycles. The van der Waals surface area contributed by atoms with Gasteiger partial charge in [0.2, 0.25) is 0 Å². The zero-order valence-electron chi connectivity index (χ0n) is 12.6. The van der Waals surface area contributed by atoms with Gasteiger partial charge in [-0.05, 0) is 0 Å². The molecule has 0 saturated carbocycles. The van der Waals surface area contributed by atoms with Crippen LogP contribution in [0.4, 0.5) is 0 Å². The lowest BCUT2D eigenvalue weighted by Gasteiger charge is -2.14. The molecule has 0 atom stereocenters. The molecular weight excluding hydrogens is 387 g/mol. The molecule has 0 amide bonds. The summed E-state index contributed by atoms with van der Waals surface area (Å²) < 4.78 is 4.90. The highest BCUT2D eigenvalue weighted by Gasteiger charge is 2.17. The van der Waals surface area contributed by atoms with Crippen LogP contribution in [0.1, 0.15) is 31.5 Å². The molecule has 0 fully saturated rings. The van der Waals surface area contributed by atoms with Crippen LogP contribution >= 0.6 is 35.3 Å². The Kier molecular flexibility index (Phi) is 9.32. The Morgan fingerprint density at radius 2 is 2.20 bits per heavy atom. The second-order valence-corrected chi connectivity index (χ2v) is 6.26. The van der Waals surface area contributed by atoms with E-state index in [9.17, 15) is 0 Å². The van der Waals surface area contributed by atoms with Crippen molar-refractivity contribution in [3.63, 3.8) is 0 Å². The molecule has 20 heavy (non-hydrogen) atoms. The third-order valence-corrected chi connectivity index (χ3v) is 3.45. The Labute approximate surface area is 142 Å². The first kappa shape index (κ1) is 19.6. The Bertz CT molecular complexity index is 415. The van der Waals surface area contributed by atoms with Crippen LogP contribution in [0.25, 0.3) is 0 Å². The largest absolute Gasteiger partial charge is 0.383 e. The fraction of sp³-hybridized carbons (Fsp3) is 0.692. The van der Waals surface area contributed by atoms with Gasteiger partial charge >= 0.3 is 0 Å². The number of hydrogen-bond donors (Lipinski definition) is 2. The molecule has 0 aliphatic rings. The number of nitrogens with two attached hydrogens (primary N) is 1. The van der Waals surface area contributed by atoms with Gasteiger partial charge in [-0.15, -0.1) is 35.3 Å². The summed E-state index contributed by atoms with van der Waals surface area (Å²) in [6, 6.07) is 0. The fourth-order valence-electron chi connectivity index (χ4n) is 1.38. The van der Waals surface area contributed by atoms with Crippen LogP contribution in [0, 0.1) is 0 Å². The summed E-state index contributed by atoms with van der Waals surface area (Å²) in [4.78, 5) is 8.76. The van der Waals surface area contributed by atoms with Gasteiger partial charge in [0, 0.05) is 30.9 Å². The summed E-state index contributed by atoms with van der Waals surface area (Å²) in [5.41, 5.74) is 6.98. The van der Waals surface area contributed by atoms with Gasteiger partial charge in [-0.2, -0.15) is 0 Å². The minimum atomic E-state index is 0. The van der Waals surface area contributed by atoms with Crippen LogP contribution in [0.2, 0.25) is 0 Å². The van der Waals surface area contributed by atoms with Crippen molar-refractivity contribution < 1.29 is 4.74 Å². The van der Waals surface area contributed by atoms with Gasteiger partial charge in [0.25, 0.3) is 0 Å². The highest BCUT2D eigenvalue weighted by atomic mass is 127. The predicted molar refractivity (Wildman–Crippen MR) is 96.3 cm³/mol. The standard InChI is InChI=1S/C13H24N4OS.HI/c1-13(2,3)10-9-19-11(17-10)5-6-15-12(14)16-7-8-18-4;/h9H,5-8H2,1-4H3,(H3,14,15,16);1H. The molecule has 1 aromatic rings. The SMILES string of the molecule is COCCN=C(N)NCCc1nc(C(C)(C)C)cs1.I. The van der Waals surface area contributed by atoms with Crippen LogP contribution in [-0.2, 0) is 16.6 Å². The first-order valence-corrected chi connectivity index (χ1v) is 7.29. The third-order valence-electron chi connectivity index (χ3n) is 2.54. The average Bonchev–Trinajstić information content (AvgIpc) is 2.78. The number of aromatic nitrogens is 1. The number of nitrogens with one attached hydrogen (secondary N) is 1. The number of methoxy groups -OCH3 is 1. The molecule has 0 radical (unpaired) electrons. The lowest BCUT2D eigenvalue weighted by Crippen LogP contribution is -2.33. The van der Waals surface area contributed by atoms with Crippen LogP contribution < -0.4 is 11.1 Å². The van der Waals surface area contributed by atoms with E-state index in [0.717, 1.165) is 23.7 Å². The number of aliphatic imine (C=N–C) groups is 1. The second-order valence-electron chi connectivity index (χ2n) is 5.31. The Morgan fingerprint density at radius 3 is 2.75 bits per heavy atom. The zero-order chi connectivity index (χ0) is 14.3. The topological polar surface area (TPSA) is 72.5 Å². The summed E-state index contributed by atoms with van der Waals surface area (Å²) in [5.74, 6) is 0.463. The van der Waals surface area contributed by atoms with Crippen molar-refractivity contribution in [1.82, 2.24) is 10.3 Å². The van der Waals surface area contributed by atoms with E-state index in [4.69, 9.17) is 10.5 Å². The van der Waals surface area contributed by atoms with E-state index in [0.29, 0.717) is 19.1 Å². The molecule has 116 valence electrons. The lowest BCUT2D eigenvalue weighted by atomic mass is 9.93. The molecule has 7 heteroatoms. The number of thiazole rings is 1. The van der Waals surface area contributed by atoms with Crippen LogP contribution in [0.15, 0.2) is 10.4 Å². The number of hydrogen-bond acceptors (Lipinski definition) is 4. The Balaban J connectivity index is 0.00000361. The number of guanidine groups is 1. The average molecular weight is 412 g/mol. The van der Waals surface area contributed by atoms with E-state index < -0.39 is 0 Å². The molecule has 0 spiro atoms. The van der Waals surface area contributed by atoms with Crippen molar-refractivity contribution in [2.75, 3.05) is 26.8 Å². The second kappa shape index (κ2) is 9.51. The summed E-state index contributed by atoms with van der Waals surface area (Å²) in [5, 5.41) is 6.33. The summed E-state index contributed by atoms with van der Waals surface area (Å²) >= 11 is 1.70. The highest BCUT2D eigenvalue weighted by molar-refractivity contribution is 14.0. The molecule has 0 aromatic carbocycles. The van der Waals surface area contributed by atoms with Gasteiger partial charge in [0.1, 0.15) is 0 Å². The van der Waals surface area contributed by atoms with Crippen LogP contribution in [0.5, 0.6) is 0 Å². The van der Waals surface area contributed by atoms with E-state index in [1.165, 1.54) is 0 Å². The molecule has 3 N–H and O–H groups in total. The van der Waals surface area contributed by atoms with Crippen LogP contribution in [-0.4, -0.2) is 37.7 Å². The molecule has 1 rings (SSSR count). The Morgan fingerprint density at radius 1 is 1.50 bits per heavy atom. The van der Waals surface area contributed by atoms with Crippen molar-refractivity contribution in [1.29, 1.82) is 0 Å². The zero-order valence-corrected chi connectivity index (χ0v) is 15.7. The van der Waals surface area contributed by atoms with Crippen molar-refractivity contribution in [3.05, 3.63) is 16.1 Å². The Hall–Kier alpha value is -0.410. The van der Waals surface area contributed by atoms with E-state index in [-0.39, 0.29) is 29.4 Å². The van der Waals surface area contributed by atoms with E-state index in [2.05, 4.69) is 41.4 Å². The molecular formula is C13H25IN4OS. The molecule has 0 bridgehead atoms. The smallest absolute Gasteiger partial charge is 0.188 e. The maximum Gasteiger partial charge on any atom is 0.188 e. The van der Waals surface area contributed by atoms with E-state index in [1.54, 1.807) is 18.4 Å². The van der Waals surface area contributed by atoms with E-state index >= 15 is 0 Å². The van der Waals surface area contributed by atoms with Gasteiger partial charge in [-0.25, -0.2) is 4.98 Å². The van der Waals surface area contributed by atoms with Gasteiger partial charge in [-0.1, -0.05) is 20.8 Å². The van der Waals surface area contributed by atoms with Gasteiger partial charge in [-0.3, -0.25) is 4.99 Å². The van der Waals surface area contributed by atoms with Gasteiger partial charge in [0.15, 0.2) is 5.96 Å². The fourth-order valence-corrected chi connectivity index (χ4v) is 2.41. The molecule has 0 aliphatic heterocycles. The van der Waals surface area contributed by atoms with E-state index in [1.807, 2.05) is 0 Å². The minimum absolute atomic E-state index is 0. The maximum atomic E-state index is 5.72. The van der Waals surface area contributed by atoms with Crippen LogP contribution in [0.3, 0.4) is 0 Å². The molecule has 0 saturated heterocycles. The normalized spacial score (nSPS) is 12.1. The van der Waals surface area contributed by atoms with Crippen molar-refractivity contribution in [2.24, 2.45) is 10.7 Å². The number of rotatable bonds is 6. The van der Waals surface area contributed by atoms with Crippen molar-refractivity contribution >= 4 is 41.3 Å². The van der Waals surface area contributed by atoms with Crippen molar-refractivity contribution in [2.45, 2.75) is 32.6 Å². The molecule has 0 aliphatic carbocycles.